The third kappa shape index (κ3) is 3.40. The van der Waals surface area contributed by atoms with E-state index in [-0.39, 0.29) is 5.91 Å². The molecule has 2 aromatic carbocycles. The van der Waals surface area contributed by atoms with Crippen LogP contribution in [0.4, 0.5) is 0 Å². The molecular formula is C19H21N3O2. The lowest BCUT2D eigenvalue weighted by molar-refractivity contribution is -0.121. The number of benzene rings is 2. The average molecular weight is 323 g/mol. The summed E-state index contributed by atoms with van der Waals surface area (Å²) < 4.78 is 7.25. The molecule has 1 heterocycles. The Bertz CT molecular complexity index is 855. The van der Waals surface area contributed by atoms with Crippen LogP contribution in [-0.2, 0) is 24.8 Å². The first-order chi connectivity index (χ1) is 11.7. The van der Waals surface area contributed by atoms with Crippen LogP contribution in [0.5, 0.6) is 5.75 Å². The number of methoxy groups -OCH3 is 1. The summed E-state index contributed by atoms with van der Waals surface area (Å²) in [7, 11) is 3.53. The SMILES string of the molecule is COc1ccc2ccccc2c1CNC(=O)CCc1ccnn1C. The fraction of sp³-hybridized carbons (Fsp3) is 0.263. The zero-order valence-electron chi connectivity index (χ0n) is 14.0. The van der Waals surface area contributed by atoms with Gasteiger partial charge < -0.3 is 10.1 Å². The van der Waals surface area contributed by atoms with Crippen molar-refractivity contribution < 1.29 is 9.53 Å². The van der Waals surface area contributed by atoms with E-state index >= 15 is 0 Å². The summed E-state index contributed by atoms with van der Waals surface area (Å²) in [6, 6.07) is 14.0. The van der Waals surface area contributed by atoms with Crippen molar-refractivity contribution in [2.24, 2.45) is 7.05 Å². The van der Waals surface area contributed by atoms with Crippen molar-refractivity contribution in [3.8, 4) is 5.75 Å². The van der Waals surface area contributed by atoms with Gasteiger partial charge >= 0.3 is 0 Å². The molecule has 0 radical (unpaired) electrons. The Balaban J connectivity index is 1.68. The minimum atomic E-state index is 0.0196. The topological polar surface area (TPSA) is 56.1 Å². The summed E-state index contributed by atoms with van der Waals surface area (Å²) in [4.78, 5) is 12.2. The van der Waals surface area contributed by atoms with Crippen LogP contribution in [0, 0.1) is 0 Å². The number of rotatable bonds is 6. The Morgan fingerprint density at radius 3 is 2.79 bits per heavy atom. The van der Waals surface area contributed by atoms with Gasteiger partial charge in [-0.2, -0.15) is 5.10 Å². The van der Waals surface area contributed by atoms with Crippen molar-refractivity contribution in [3.63, 3.8) is 0 Å². The molecule has 24 heavy (non-hydrogen) atoms. The lowest BCUT2D eigenvalue weighted by Crippen LogP contribution is -2.23. The molecule has 0 aliphatic rings. The molecule has 1 aromatic heterocycles. The molecule has 0 aliphatic heterocycles. The summed E-state index contributed by atoms with van der Waals surface area (Å²) in [6.45, 7) is 0.453. The van der Waals surface area contributed by atoms with Gasteiger partial charge in [-0.25, -0.2) is 0 Å². The lowest BCUT2D eigenvalue weighted by Gasteiger charge is -2.13. The molecule has 5 heteroatoms. The minimum Gasteiger partial charge on any atom is -0.496 e. The van der Waals surface area contributed by atoms with E-state index in [0.29, 0.717) is 19.4 Å². The van der Waals surface area contributed by atoms with E-state index in [1.807, 2.05) is 37.4 Å². The van der Waals surface area contributed by atoms with Crippen LogP contribution in [0.3, 0.4) is 0 Å². The van der Waals surface area contributed by atoms with E-state index in [0.717, 1.165) is 27.8 Å². The molecule has 0 saturated heterocycles. The normalized spacial score (nSPS) is 10.8. The van der Waals surface area contributed by atoms with Gasteiger partial charge in [-0.1, -0.05) is 30.3 Å². The maximum Gasteiger partial charge on any atom is 0.220 e. The Hall–Kier alpha value is -2.82. The molecule has 124 valence electrons. The summed E-state index contributed by atoms with van der Waals surface area (Å²) in [5.74, 6) is 0.812. The number of nitrogens with one attached hydrogen (secondary N) is 1. The summed E-state index contributed by atoms with van der Waals surface area (Å²) in [5, 5.41) is 9.35. The van der Waals surface area contributed by atoms with Gasteiger partial charge in [-0.05, 0) is 29.3 Å². The number of ether oxygens (including phenoxy) is 1. The lowest BCUT2D eigenvalue weighted by atomic mass is 10.0. The first-order valence-corrected chi connectivity index (χ1v) is 7.97. The number of nitrogens with zero attached hydrogens (tertiary/aromatic N) is 2. The molecule has 0 atom stereocenters. The monoisotopic (exact) mass is 323 g/mol. The van der Waals surface area contributed by atoms with Crippen LogP contribution in [0.25, 0.3) is 10.8 Å². The highest BCUT2D eigenvalue weighted by molar-refractivity contribution is 5.88. The van der Waals surface area contributed by atoms with Gasteiger partial charge in [0, 0.05) is 37.5 Å². The molecule has 0 aliphatic carbocycles. The highest BCUT2D eigenvalue weighted by Crippen LogP contribution is 2.27. The second-order valence-electron chi connectivity index (χ2n) is 5.69. The van der Waals surface area contributed by atoms with E-state index in [9.17, 15) is 4.79 Å². The first kappa shape index (κ1) is 16.1. The first-order valence-electron chi connectivity index (χ1n) is 7.97. The molecule has 0 saturated carbocycles. The van der Waals surface area contributed by atoms with Crippen LogP contribution in [-0.4, -0.2) is 22.8 Å². The van der Waals surface area contributed by atoms with Gasteiger partial charge in [-0.3, -0.25) is 9.48 Å². The number of hydrogen-bond acceptors (Lipinski definition) is 3. The maximum atomic E-state index is 12.2. The Morgan fingerprint density at radius 1 is 1.21 bits per heavy atom. The van der Waals surface area contributed by atoms with Crippen molar-refractivity contribution >= 4 is 16.7 Å². The fourth-order valence-corrected chi connectivity index (χ4v) is 2.85. The maximum absolute atomic E-state index is 12.2. The van der Waals surface area contributed by atoms with Crippen molar-refractivity contribution in [2.45, 2.75) is 19.4 Å². The molecule has 0 unspecified atom stereocenters. The quantitative estimate of drug-likeness (QED) is 0.759. The van der Waals surface area contributed by atoms with Gasteiger partial charge in [0.2, 0.25) is 5.91 Å². The van der Waals surface area contributed by atoms with Crippen LogP contribution in [0.15, 0.2) is 48.7 Å². The zero-order valence-corrected chi connectivity index (χ0v) is 14.0. The molecule has 3 aromatic rings. The average Bonchev–Trinajstić information content (AvgIpc) is 3.02. The summed E-state index contributed by atoms with van der Waals surface area (Å²) in [5.41, 5.74) is 2.05. The Labute approximate surface area is 141 Å². The third-order valence-electron chi connectivity index (χ3n) is 4.21. The van der Waals surface area contributed by atoms with Gasteiger partial charge in [0.05, 0.1) is 7.11 Å². The van der Waals surface area contributed by atoms with E-state index in [1.54, 1.807) is 18.0 Å². The number of amides is 1. The summed E-state index contributed by atoms with van der Waals surface area (Å²) in [6.07, 6.45) is 2.86. The number of fused-ring (bicyclic) bond motifs is 1. The second kappa shape index (κ2) is 7.17. The Morgan fingerprint density at radius 2 is 2.04 bits per heavy atom. The van der Waals surface area contributed by atoms with Crippen molar-refractivity contribution in [3.05, 3.63) is 59.9 Å². The third-order valence-corrected chi connectivity index (χ3v) is 4.21. The zero-order chi connectivity index (χ0) is 16.9. The van der Waals surface area contributed by atoms with E-state index in [2.05, 4.69) is 22.5 Å². The minimum absolute atomic E-state index is 0.0196. The second-order valence-corrected chi connectivity index (χ2v) is 5.69. The number of hydrogen-bond donors (Lipinski definition) is 1. The van der Waals surface area contributed by atoms with Gasteiger partial charge in [0.25, 0.3) is 0 Å². The Kier molecular flexibility index (Phi) is 4.79. The van der Waals surface area contributed by atoms with Crippen LogP contribution >= 0.6 is 0 Å². The van der Waals surface area contributed by atoms with E-state index < -0.39 is 0 Å². The molecule has 0 fully saturated rings. The smallest absolute Gasteiger partial charge is 0.220 e. The number of aryl methyl sites for hydroxylation is 2. The number of carbonyl (C=O) groups is 1. The fourth-order valence-electron chi connectivity index (χ4n) is 2.85. The predicted octanol–water partition coefficient (Wildman–Crippen LogP) is 2.83. The van der Waals surface area contributed by atoms with Gasteiger partial charge in [0.1, 0.15) is 5.75 Å². The van der Waals surface area contributed by atoms with E-state index in [4.69, 9.17) is 4.74 Å². The molecule has 1 amide bonds. The summed E-state index contributed by atoms with van der Waals surface area (Å²) >= 11 is 0. The number of carbonyl (C=O) groups excluding carboxylic acids is 1. The largest absolute Gasteiger partial charge is 0.496 e. The highest BCUT2D eigenvalue weighted by Gasteiger charge is 2.10. The predicted molar refractivity (Wildman–Crippen MR) is 93.9 cm³/mol. The highest BCUT2D eigenvalue weighted by atomic mass is 16.5. The molecule has 1 N–H and O–H groups in total. The number of aromatic nitrogens is 2. The van der Waals surface area contributed by atoms with Crippen molar-refractivity contribution in [2.75, 3.05) is 7.11 Å². The molecule has 0 spiro atoms. The van der Waals surface area contributed by atoms with Crippen molar-refractivity contribution in [1.29, 1.82) is 0 Å². The van der Waals surface area contributed by atoms with Crippen LogP contribution in [0.2, 0.25) is 0 Å². The van der Waals surface area contributed by atoms with Gasteiger partial charge in [-0.15, -0.1) is 0 Å². The van der Waals surface area contributed by atoms with Crippen molar-refractivity contribution in [1.82, 2.24) is 15.1 Å². The van der Waals surface area contributed by atoms with E-state index in [1.165, 1.54) is 0 Å². The molecule has 3 rings (SSSR count). The standard InChI is InChI=1S/C19H21N3O2/c1-22-15(11-12-21-22)8-10-19(23)20-13-17-16-6-4-3-5-14(16)7-9-18(17)24-2/h3-7,9,11-12H,8,10,13H2,1-2H3,(H,20,23). The molecule has 0 bridgehead atoms. The molecular weight excluding hydrogens is 302 g/mol. The van der Waals surface area contributed by atoms with Crippen LogP contribution in [0.1, 0.15) is 17.7 Å². The van der Waals surface area contributed by atoms with Gasteiger partial charge in [0.15, 0.2) is 0 Å². The van der Waals surface area contributed by atoms with Crippen LogP contribution < -0.4 is 10.1 Å². The molecule has 5 nitrogen and oxygen atoms in total.